The maximum atomic E-state index is 13.2. The Kier molecular flexibility index (Phi) is 6.14. The van der Waals surface area contributed by atoms with E-state index in [0.717, 1.165) is 25.2 Å². The molecule has 2 heterocycles. The molecular weight excluding hydrogens is 426 g/mol. The molecule has 1 aliphatic heterocycles. The number of hydrogen-bond donors (Lipinski definition) is 1. The number of amides is 2. The van der Waals surface area contributed by atoms with E-state index in [0.29, 0.717) is 24.3 Å². The van der Waals surface area contributed by atoms with Gasteiger partial charge in [0.1, 0.15) is 0 Å². The van der Waals surface area contributed by atoms with Gasteiger partial charge in [0.2, 0.25) is 0 Å². The second kappa shape index (κ2) is 9.53. The molecule has 1 fully saturated rings. The van der Waals surface area contributed by atoms with Gasteiger partial charge in [-0.25, -0.2) is 0 Å². The molecule has 0 spiro atoms. The molecule has 4 aromatic rings. The Labute approximate surface area is 198 Å². The number of nitrogens with zero attached hydrogens (tertiary/aromatic N) is 2. The van der Waals surface area contributed by atoms with Crippen LogP contribution in [0.5, 0.6) is 0 Å². The smallest absolute Gasteiger partial charge is 0.291 e. The van der Waals surface area contributed by atoms with Gasteiger partial charge in [-0.15, -0.1) is 0 Å². The van der Waals surface area contributed by atoms with Crippen LogP contribution in [-0.4, -0.2) is 47.8 Å². The lowest BCUT2D eigenvalue weighted by Gasteiger charge is -2.35. The first-order valence-electron chi connectivity index (χ1n) is 11.5. The molecule has 172 valence electrons. The third-order valence-electron chi connectivity index (χ3n) is 6.41. The summed E-state index contributed by atoms with van der Waals surface area (Å²) in [5, 5.41) is 5.39. The van der Waals surface area contributed by atoms with Crippen LogP contribution in [0, 0.1) is 6.92 Å². The molecule has 0 saturated carbocycles. The summed E-state index contributed by atoms with van der Waals surface area (Å²) in [6.07, 6.45) is 1.46. The highest BCUT2D eigenvalue weighted by Gasteiger charge is 2.23. The van der Waals surface area contributed by atoms with Crippen LogP contribution in [0.25, 0.3) is 10.8 Å². The summed E-state index contributed by atoms with van der Waals surface area (Å²) in [6.45, 7) is 5.76. The van der Waals surface area contributed by atoms with Crippen molar-refractivity contribution in [2.24, 2.45) is 0 Å². The Morgan fingerprint density at radius 1 is 0.912 bits per heavy atom. The fourth-order valence-corrected chi connectivity index (χ4v) is 4.44. The lowest BCUT2D eigenvalue weighted by atomic mass is 10.0. The average molecular weight is 454 g/mol. The van der Waals surface area contributed by atoms with Crippen molar-refractivity contribution in [2.45, 2.75) is 13.5 Å². The maximum absolute atomic E-state index is 13.2. The molecule has 1 aliphatic rings. The number of aryl methyl sites for hydroxylation is 1. The molecule has 0 radical (unpaired) electrons. The summed E-state index contributed by atoms with van der Waals surface area (Å²) in [5.74, 6) is -0.114. The largest absolute Gasteiger partial charge is 0.459 e. The Hall–Kier alpha value is -3.90. The molecule has 6 heteroatoms. The van der Waals surface area contributed by atoms with Gasteiger partial charge in [0.05, 0.1) is 6.26 Å². The van der Waals surface area contributed by atoms with Crippen molar-refractivity contribution in [3.63, 3.8) is 0 Å². The molecule has 0 atom stereocenters. The molecule has 2 amide bonds. The summed E-state index contributed by atoms with van der Waals surface area (Å²) in [7, 11) is 0. The van der Waals surface area contributed by atoms with Crippen molar-refractivity contribution in [3.05, 3.63) is 102 Å². The topological polar surface area (TPSA) is 65.8 Å². The number of fused-ring (bicyclic) bond motifs is 1. The predicted molar refractivity (Wildman–Crippen MR) is 133 cm³/mol. The minimum Gasteiger partial charge on any atom is -0.459 e. The number of anilines is 1. The minimum atomic E-state index is -0.334. The third-order valence-corrected chi connectivity index (χ3v) is 6.41. The van der Waals surface area contributed by atoms with Crippen LogP contribution in [0.4, 0.5) is 5.69 Å². The molecule has 0 bridgehead atoms. The molecule has 34 heavy (non-hydrogen) atoms. The van der Waals surface area contributed by atoms with Gasteiger partial charge in [-0.3, -0.25) is 14.5 Å². The highest BCUT2D eigenvalue weighted by atomic mass is 16.3. The summed E-state index contributed by atoms with van der Waals surface area (Å²) < 4.78 is 5.16. The molecule has 1 aromatic heterocycles. The summed E-state index contributed by atoms with van der Waals surface area (Å²) >= 11 is 0. The van der Waals surface area contributed by atoms with Crippen molar-refractivity contribution >= 4 is 28.3 Å². The molecule has 0 unspecified atom stereocenters. The van der Waals surface area contributed by atoms with Gasteiger partial charge in [-0.2, -0.15) is 0 Å². The van der Waals surface area contributed by atoms with Crippen molar-refractivity contribution in [1.29, 1.82) is 0 Å². The second-order valence-electron chi connectivity index (χ2n) is 8.67. The minimum absolute atomic E-state index is 0.0155. The predicted octanol–water partition coefficient (Wildman–Crippen LogP) is 4.95. The van der Waals surface area contributed by atoms with E-state index in [4.69, 9.17) is 4.42 Å². The van der Waals surface area contributed by atoms with E-state index >= 15 is 0 Å². The van der Waals surface area contributed by atoms with Gasteiger partial charge < -0.3 is 14.6 Å². The first-order chi connectivity index (χ1) is 16.6. The van der Waals surface area contributed by atoms with E-state index < -0.39 is 0 Å². The van der Waals surface area contributed by atoms with Crippen LogP contribution in [-0.2, 0) is 6.54 Å². The molecule has 6 nitrogen and oxygen atoms in total. The fourth-order valence-electron chi connectivity index (χ4n) is 4.44. The quantitative estimate of drug-likeness (QED) is 0.464. The second-order valence-corrected chi connectivity index (χ2v) is 8.67. The monoisotopic (exact) mass is 453 g/mol. The van der Waals surface area contributed by atoms with Gasteiger partial charge >= 0.3 is 0 Å². The SMILES string of the molecule is Cc1ccc(C(=O)N2CCN(Cc3cccc4ccccc34)CC2)cc1NC(=O)c1ccco1. The van der Waals surface area contributed by atoms with Gasteiger partial charge in [0.25, 0.3) is 11.8 Å². The Balaban J connectivity index is 1.23. The number of benzene rings is 3. The normalized spacial score (nSPS) is 14.3. The highest BCUT2D eigenvalue weighted by Crippen LogP contribution is 2.22. The molecule has 1 N–H and O–H groups in total. The maximum Gasteiger partial charge on any atom is 0.291 e. The van der Waals surface area contributed by atoms with Crippen molar-refractivity contribution in [2.75, 3.05) is 31.5 Å². The van der Waals surface area contributed by atoms with Gasteiger partial charge in [0, 0.05) is 44.0 Å². The highest BCUT2D eigenvalue weighted by molar-refractivity contribution is 6.04. The van der Waals surface area contributed by atoms with Gasteiger partial charge in [-0.05, 0) is 53.1 Å². The van der Waals surface area contributed by atoms with Crippen LogP contribution < -0.4 is 5.32 Å². The zero-order valence-electron chi connectivity index (χ0n) is 19.2. The number of rotatable bonds is 5. The number of nitrogens with one attached hydrogen (secondary N) is 1. The molecule has 0 aliphatic carbocycles. The van der Waals surface area contributed by atoms with E-state index in [1.54, 1.807) is 18.2 Å². The van der Waals surface area contributed by atoms with Crippen LogP contribution in [0.3, 0.4) is 0 Å². The van der Waals surface area contributed by atoms with E-state index in [1.165, 1.54) is 22.6 Å². The lowest BCUT2D eigenvalue weighted by molar-refractivity contribution is 0.0628. The van der Waals surface area contributed by atoms with E-state index in [2.05, 4.69) is 52.7 Å². The number of furan rings is 1. The molecule has 5 rings (SSSR count). The van der Waals surface area contributed by atoms with Crippen molar-refractivity contribution in [1.82, 2.24) is 9.80 Å². The van der Waals surface area contributed by atoms with Crippen LogP contribution >= 0.6 is 0 Å². The first-order valence-corrected chi connectivity index (χ1v) is 11.5. The zero-order valence-corrected chi connectivity index (χ0v) is 19.2. The number of carbonyl (C=O) groups is 2. The summed E-state index contributed by atoms with van der Waals surface area (Å²) in [4.78, 5) is 29.9. The number of carbonyl (C=O) groups excluding carboxylic acids is 2. The Morgan fingerprint density at radius 3 is 2.50 bits per heavy atom. The van der Waals surface area contributed by atoms with E-state index in [1.807, 2.05) is 24.0 Å². The van der Waals surface area contributed by atoms with Crippen molar-refractivity contribution < 1.29 is 14.0 Å². The van der Waals surface area contributed by atoms with E-state index in [9.17, 15) is 9.59 Å². The summed E-state index contributed by atoms with van der Waals surface area (Å²) in [5.41, 5.74) is 3.38. The van der Waals surface area contributed by atoms with Gasteiger partial charge in [-0.1, -0.05) is 48.5 Å². The lowest BCUT2D eigenvalue weighted by Crippen LogP contribution is -2.48. The standard InChI is InChI=1S/C28H27N3O3/c1-20-11-12-22(18-25(20)29-27(32)26-10-5-17-34-26)28(33)31-15-13-30(14-16-31)19-23-8-4-7-21-6-2-3-9-24(21)23/h2-12,17-18H,13-16,19H2,1H3,(H,29,32). The van der Waals surface area contributed by atoms with Crippen LogP contribution in [0.1, 0.15) is 32.0 Å². The first kappa shape index (κ1) is 21.9. The van der Waals surface area contributed by atoms with Crippen LogP contribution in [0.15, 0.2) is 83.5 Å². The van der Waals surface area contributed by atoms with E-state index in [-0.39, 0.29) is 17.6 Å². The zero-order chi connectivity index (χ0) is 23.5. The molecular formula is C28H27N3O3. The number of hydrogen-bond acceptors (Lipinski definition) is 4. The molecule has 3 aromatic carbocycles. The third kappa shape index (κ3) is 4.58. The molecule has 1 saturated heterocycles. The Bertz CT molecular complexity index is 1320. The van der Waals surface area contributed by atoms with Crippen molar-refractivity contribution in [3.8, 4) is 0 Å². The Morgan fingerprint density at radius 2 is 1.71 bits per heavy atom. The van der Waals surface area contributed by atoms with Crippen LogP contribution in [0.2, 0.25) is 0 Å². The number of piperazine rings is 1. The fraction of sp³-hybridized carbons (Fsp3) is 0.214. The summed E-state index contributed by atoms with van der Waals surface area (Å²) in [6, 6.07) is 23.6. The van der Waals surface area contributed by atoms with Gasteiger partial charge in [0.15, 0.2) is 5.76 Å². The average Bonchev–Trinajstić information content (AvgIpc) is 3.41.